The van der Waals surface area contributed by atoms with E-state index in [9.17, 15) is 19.5 Å². The van der Waals surface area contributed by atoms with Crippen LogP contribution in [0.1, 0.15) is 39.7 Å². The van der Waals surface area contributed by atoms with Crippen LogP contribution in [0.3, 0.4) is 0 Å². The number of hydrogen-bond acceptors (Lipinski definition) is 3. The Morgan fingerprint density at radius 1 is 1.03 bits per heavy atom. The van der Waals surface area contributed by atoms with Gasteiger partial charge in [-0.05, 0) is 36.5 Å². The Labute approximate surface area is 171 Å². The highest BCUT2D eigenvalue weighted by atomic mass is 16.4. The van der Waals surface area contributed by atoms with Crippen LogP contribution in [-0.4, -0.2) is 33.8 Å². The number of rotatable bonds is 4. The quantitative estimate of drug-likeness (QED) is 0.792. The van der Waals surface area contributed by atoms with Gasteiger partial charge in [-0.1, -0.05) is 75.4 Å². The van der Waals surface area contributed by atoms with Gasteiger partial charge < -0.3 is 5.11 Å². The van der Waals surface area contributed by atoms with E-state index in [0.717, 1.165) is 16.7 Å². The molecule has 1 saturated heterocycles. The highest BCUT2D eigenvalue weighted by Gasteiger charge is 2.56. The Morgan fingerprint density at radius 3 is 2.10 bits per heavy atom. The van der Waals surface area contributed by atoms with Crippen LogP contribution in [0.2, 0.25) is 0 Å². The highest BCUT2D eigenvalue weighted by Crippen LogP contribution is 2.40. The monoisotopic (exact) mass is 393 g/mol. The van der Waals surface area contributed by atoms with E-state index in [4.69, 9.17) is 0 Å². The van der Waals surface area contributed by atoms with Crippen LogP contribution in [-0.2, 0) is 20.8 Å². The number of carboxylic acid groups (broad SMARTS) is 1. The molecule has 0 bridgehead atoms. The van der Waals surface area contributed by atoms with Gasteiger partial charge >= 0.3 is 5.97 Å². The standard InChI is InChI=1S/C24H27NO4/c1-23(2,3)20(26)25-19(15-24(4,21(25)27)22(28)29)14-16-10-12-18(13-11-16)17-8-6-5-7-9-17/h5-13,19H,14-15H2,1-4H3,(H,28,29)/t19-,24-/m1/s1. The number of carbonyl (C=O) groups excluding carboxylic acids is 2. The number of carboxylic acids is 1. The lowest BCUT2D eigenvalue weighted by Gasteiger charge is -2.29. The van der Waals surface area contributed by atoms with Gasteiger partial charge in [-0.2, -0.15) is 0 Å². The second-order valence-electron chi connectivity index (χ2n) is 8.99. The molecule has 152 valence electrons. The van der Waals surface area contributed by atoms with Crippen LogP contribution < -0.4 is 0 Å². The summed E-state index contributed by atoms with van der Waals surface area (Å²) in [5.41, 5.74) is 0.807. The first kappa shape index (κ1) is 20.8. The summed E-state index contributed by atoms with van der Waals surface area (Å²) in [6.07, 6.45) is 0.551. The summed E-state index contributed by atoms with van der Waals surface area (Å²) in [6, 6.07) is 17.5. The van der Waals surface area contributed by atoms with Gasteiger partial charge in [0, 0.05) is 11.5 Å². The molecule has 0 saturated carbocycles. The third kappa shape index (κ3) is 3.95. The second-order valence-corrected chi connectivity index (χ2v) is 8.99. The predicted molar refractivity (Wildman–Crippen MR) is 111 cm³/mol. The van der Waals surface area contributed by atoms with Gasteiger partial charge in [0.25, 0.3) is 0 Å². The van der Waals surface area contributed by atoms with Crippen LogP contribution >= 0.6 is 0 Å². The summed E-state index contributed by atoms with van der Waals surface area (Å²) in [5.74, 6) is -2.13. The second kappa shape index (κ2) is 7.47. The Balaban J connectivity index is 1.88. The number of amides is 2. The van der Waals surface area contributed by atoms with Crippen LogP contribution in [0.25, 0.3) is 11.1 Å². The molecule has 2 atom stereocenters. The molecule has 0 aliphatic carbocycles. The number of aliphatic carboxylic acids is 1. The zero-order chi connectivity index (χ0) is 21.4. The van der Waals surface area contributed by atoms with Crippen molar-refractivity contribution < 1.29 is 19.5 Å². The van der Waals surface area contributed by atoms with E-state index in [1.54, 1.807) is 20.8 Å². The molecule has 0 unspecified atom stereocenters. The van der Waals surface area contributed by atoms with Gasteiger partial charge in [0.15, 0.2) is 0 Å². The molecular weight excluding hydrogens is 366 g/mol. The molecule has 5 heteroatoms. The fourth-order valence-electron chi connectivity index (χ4n) is 3.78. The Morgan fingerprint density at radius 2 is 1.59 bits per heavy atom. The van der Waals surface area contributed by atoms with Gasteiger partial charge in [0.1, 0.15) is 5.41 Å². The summed E-state index contributed by atoms with van der Waals surface area (Å²) in [5, 5.41) is 9.63. The van der Waals surface area contributed by atoms with Crippen molar-refractivity contribution in [3.05, 3.63) is 60.2 Å². The molecule has 5 nitrogen and oxygen atoms in total. The van der Waals surface area contributed by atoms with E-state index in [2.05, 4.69) is 0 Å². The van der Waals surface area contributed by atoms with Gasteiger partial charge in [-0.15, -0.1) is 0 Å². The minimum Gasteiger partial charge on any atom is -0.480 e. The average molecular weight is 393 g/mol. The van der Waals surface area contributed by atoms with Gasteiger partial charge in [-0.25, -0.2) is 0 Å². The lowest BCUT2D eigenvalue weighted by atomic mass is 9.86. The Kier molecular flexibility index (Phi) is 5.35. The molecule has 29 heavy (non-hydrogen) atoms. The van der Waals surface area contributed by atoms with Gasteiger partial charge in [0.2, 0.25) is 11.8 Å². The first-order valence-electron chi connectivity index (χ1n) is 9.80. The molecule has 1 fully saturated rings. The molecule has 2 aromatic carbocycles. The maximum absolute atomic E-state index is 12.9. The maximum Gasteiger partial charge on any atom is 0.319 e. The molecule has 0 radical (unpaired) electrons. The molecular formula is C24H27NO4. The molecule has 2 amide bonds. The molecule has 0 spiro atoms. The molecule has 1 N–H and O–H groups in total. The number of nitrogens with zero attached hydrogens (tertiary/aromatic N) is 1. The van der Waals surface area contributed by atoms with E-state index < -0.39 is 28.7 Å². The summed E-state index contributed by atoms with van der Waals surface area (Å²) >= 11 is 0. The van der Waals surface area contributed by atoms with E-state index in [1.165, 1.54) is 11.8 Å². The summed E-state index contributed by atoms with van der Waals surface area (Å²) < 4.78 is 0. The molecule has 1 heterocycles. The van der Waals surface area contributed by atoms with E-state index >= 15 is 0 Å². The molecule has 2 aromatic rings. The Bertz CT molecular complexity index is 928. The van der Waals surface area contributed by atoms with Crippen molar-refractivity contribution >= 4 is 17.8 Å². The SMILES string of the molecule is CC(C)(C)C(=O)N1C(=O)[C@](C)(C(=O)O)C[C@H]1Cc1ccc(-c2ccccc2)cc1. The minimum atomic E-state index is -1.57. The number of carbonyl (C=O) groups is 3. The maximum atomic E-state index is 12.9. The van der Waals surface area contributed by atoms with Crippen molar-refractivity contribution in [2.24, 2.45) is 10.8 Å². The van der Waals surface area contributed by atoms with Crippen molar-refractivity contribution in [2.75, 3.05) is 0 Å². The van der Waals surface area contributed by atoms with E-state index in [-0.39, 0.29) is 12.3 Å². The van der Waals surface area contributed by atoms with Crippen molar-refractivity contribution in [1.82, 2.24) is 4.90 Å². The summed E-state index contributed by atoms with van der Waals surface area (Å²) in [6.45, 7) is 6.64. The Hall–Kier alpha value is -2.95. The van der Waals surface area contributed by atoms with Crippen LogP contribution in [0.4, 0.5) is 0 Å². The lowest BCUT2D eigenvalue weighted by Crippen LogP contribution is -2.48. The third-order valence-corrected chi connectivity index (χ3v) is 5.56. The fourth-order valence-corrected chi connectivity index (χ4v) is 3.78. The topological polar surface area (TPSA) is 74.7 Å². The molecule has 1 aliphatic heterocycles. The predicted octanol–water partition coefficient (Wildman–Crippen LogP) is 4.16. The largest absolute Gasteiger partial charge is 0.480 e. The van der Waals surface area contributed by atoms with E-state index in [0.29, 0.717) is 6.42 Å². The van der Waals surface area contributed by atoms with E-state index in [1.807, 2.05) is 54.6 Å². The lowest BCUT2D eigenvalue weighted by molar-refractivity contribution is -0.158. The van der Waals surface area contributed by atoms with Crippen LogP contribution in [0, 0.1) is 10.8 Å². The van der Waals surface area contributed by atoms with Crippen molar-refractivity contribution in [3.63, 3.8) is 0 Å². The van der Waals surface area contributed by atoms with Crippen molar-refractivity contribution in [2.45, 2.75) is 46.6 Å². The van der Waals surface area contributed by atoms with Crippen LogP contribution in [0.5, 0.6) is 0 Å². The number of hydrogen-bond donors (Lipinski definition) is 1. The summed E-state index contributed by atoms with van der Waals surface area (Å²) in [7, 11) is 0. The first-order valence-corrected chi connectivity index (χ1v) is 9.80. The van der Waals surface area contributed by atoms with Crippen molar-refractivity contribution in [1.29, 1.82) is 0 Å². The number of benzene rings is 2. The zero-order valence-corrected chi connectivity index (χ0v) is 17.3. The van der Waals surface area contributed by atoms with Gasteiger partial charge in [-0.3, -0.25) is 19.3 Å². The highest BCUT2D eigenvalue weighted by molar-refractivity contribution is 6.10. The first-order chi connectivity index (χ1) is 13.5. The fraction of sp³-hybridized carbons (Fsp3) is 0.375. The molecule has 3 rings (SSSR count). The van der Waals surface area contributed by atoms with Crippen molar-refractivity contribution in [3.8, 4) is 11.1 Å². The molecule has 1 aliphatic rings. The normalized spacial score (nSPS) is 22.0. The minimum absolute atomic E-state index is 0.115. The average Bonchev–Trinajstić information content (AvgIpc) is 2.93. The smallest absolute Gasteiger partial charge is 0.319 e. The molecule has 0 aromatic heterocycles. The summed E-state index contributed by atoms with van der Waals surface area (Å²) in [4.78, 5) is 38.8. The number of imide groups is 1. The number of likely N-dealkylation sites (tertiary alicyclic amines) is 1. The zero-order valence-electron chi connectivity index (χ0n) is 17.3. The third-order valence-electron chi connectivity index (χ3n) is 5.56. The van der Waals surface area contributed by atoms with Gasteiger partial charge in [0.05, 0.1) is 0 Å². The van der Waals surface area contributed by atoms with Crippen LogP contribution in [0.15, 0.2) is 54.6 Å².